The Labute approximate surface area is 123 Å². The number of sulfonamides is 1. The van der Waals surface area contributed by atoms with Crippen LogP contribution in [0.3, 0.4) is 0 Å². The van der Waals surface area contributed by atoms with E-state index >= 15 is 0 Å². The standard InChI is InChI=1S/C14H18N2O2S2/c1-10-7-12(15-3)8-11(2)14(10)20(17,18)16-9-13-5-4-6-19-13/h4-8,15-16H,9H2,1-3H3. The quantitative estimate of drug-likeness (QED) is 0.893. The summed E-state index contributed by atoms with van der Waals surface area (Å²) in [6.07, 6.45) is 0. The minimum Gasteiger partial charge on any atom is -0.388 e. The van der Waals surface area contributed by atoms with Gasteiger partial charge in [0, 0.05) is 24.2 Å². The van der Waals surface area contributed by atoms with Gasteiger partial charge in [-0.2, -0.15) is 0 Å². The van der Waals surface area contributed by atoms with Gasteiger partial charge in [0.2, 0.25) is 10.0 Å². The van der Waals surface area contributed by atoms with Gasteiger partial charge in [0.15, 0.2) is 0 Å². The van der Waals surface area contributed by atoms with Gasteiger partial charge in [-0.15, -0.1) is 11.3 Å². The van der Waals surface area contributed by atoms with Crippen molar-refractivity contribution >= 4 is 27.0 Å². The van der Waals surface area contributed by atoms with Crippen molar-refractivity contribution in [3.05, 3.63) is 45.6 Å². The molecule has 6 heteroatoms. The maximum Gasteiger partial charge on any atom is 0.241 e. The van der Waals surface area contributed by atoms with Crippen LogP contribution in [0.1, 0.15) is 16.0 Å². The molecular weight excluding hydrogens is 292 g/mol. The highest BCUT2D eigenvalue weighted by Crippen LogP contribution is 2.24. The van der Waals surface area contributed by atoms with E-state index in [0.29, 0.717) is 11.4 Å². The molecule has 1 aromatic heterocycles. The van der Waals surface area contributed by atoms with Crippen LogP contribution in [0.25, 0.3) is 0 Å². The van der Waals surface area contributed by atoms with E-state index in [1.807, 2.05) is 50.5 Å². The molecule has 2 aromatic rings. The first-order chi connectivity index (χ1) is 9.44. The molecule has 0 amide bonds. The van der Waals surface area contributed by atoms with Gasteiger partial charge in [-0.1, -0.05) is 6.07 Å². The smallest absolute Gasteiger partial charge is 0.241 e. The second-order valence-corrected chi connectivity index (χ2v) is 7.33. The maximum absolute atomic E-state index is 12.4. The number of rotatable bonds is 5. The van der Waals surface area contributed by atoms with E-state index in [-0.39, 0.29) is 0 Å². The Morgan fingerprint density at radius 1 is 1.20 bits per heavy atom. The molecule has 0 radical (unpaired) electrons. The largest absolute Gasteiger partial charge is 0.388 e. The SMILES string of the molecule is CNc1cc(C)c(S(=O)(=O)NCc2cccs2)c(C)c1. The molecule has 0 aliphatic heterocycles. The van der Waals surface area contributed by atoms with Crippen LogP contribution in [0.4, 0.5) is 5.69 Å². The van der Waals surface area contributed by atoms with Gasteiger partial charge >= 0.3 is 0 Å². The summed E-state index contributed by atoms with van der Waals surface area (Å²) >= 11 is 1.54. The van der Waals surface area contributed by atoms with Crippen molar-refractivity contribution in [3.63, 3.8) is 0 Å². The van der Waals surface area contributed by atoms with Gasteiger partial charge in [-0.25, -0.2) is 13.1 Å². The molecule has 2 N–H and O–H groups in total. The van der Waals surface area contributed by atoms with Gasteiger partial charge < -0.3 is 5.32 Å². The van der Waals surface area contributed by atoms with Crippen molar-refractivity contribution in [3.8, 4) is 0 Å². The van der Waals surface area contributed by atoms with Crippen molar-refractivity contribution in [1.29, 1.82) is 0 Å². The fourth-order valence-corrected chi connectivity index (χ4v) is 4.36. The first kappa shape index (κ1) is 15.0. The van der Waals surface area contributed by atoms with Crippen LogP contribution >= 0.6 is 11.3 Å². The second-order valence-electron chi connectivity index (χ2n) is 4.59. The molecular formula is C14H18N2O2S2. The Balaban J connectivity index is 2.29. The molecule has 0 atom stereocenters. The van der Waals surface area contributed by atoms with E-state index in [9.17, 15) is 8.42 Å². The average molecular weight is 310 g/mol. The molecule has 108 valence electrons. The summed E-state index contributed by atoms with van der Waals surface area (Å²) in [4.78, 5) is 1.36. The van der Waals surface area contributed by atoms with Crippen LogP contribution in [0.5, 0.6) is 0 Å². The highest BCUT2D eigenvalue weighted by Gasteiger charge is 2.19. The minimum absolute atomic E-state index is 0.326. The molecule has 4 nitrogen and oxygen atoms in total. The van der Waals surface area contributed by atoms with Crippen molar-refractivity contribution < 1.29 is 8.42 Å². The summed E-state index contributed by atoms with van der Waals surface area (Å²) in [5.41, 5.74) is 2.40. The molecule has 0 unspecified atom stereocenters. The summed E-state index contributed by atoms with van der Waals surface area (Å²) in [6.45, 7) is 3.95. The van der Waals surface area contributed by atoms with Gasteiger partial charge in [0.05, 0.1) is 4.90 Å². The Bertz CT molecular complexity index is 669. The highest BCUT2D eigenvalue weighted by atomic mass is 32.2. The highest BCUT2D eigenvalue weighted by molar-refractivity contribution is 7.89. The molecule has 0 saturated heterocycles. The lowest BCUT2D eigenvalue weighted by Gasteiger charge is -2.13. The molecule has 1 heterocycles. The number of hydrogen-bond donors (Lipinski definition) is 2. The van der Waals surface area contributed by atoms with E-state index in [1.54, 1.807) is 0 Å². The number of benzene rings is 1. The molecule has 20 heavy (non-hydrogen) atoms. The molecule has 0 spiro atoms. The third-order valence-electron chi connectivity index (χ3n) is 3.03. The maximum atomic E-state index is 12.4. The zero-order valence-corrected chi connectivity index (χ0v) is 13.4. The van der Waals surface area contributed by atoms with E-state index in [1.165, 1.54) is 11.3 Å². The van der Waals surface area contributed by atoms with Crippen molar-refractivity contribution in [2.75, 3.05) is 12.4 Å². The fourth-order valence-electron chi connectivity index (χ4n) is 2.17. The van der Waals surface area contributed by atoms with E-state index in [0.717, 1.165) is 21.7 Å². The van der Waals surface area contributed by atoms with Crippen LogP contribution in [-0.2, 0) is 16.6 Å². The van der Waals surface area contributed by atoms with Gasteiger partial charge in [0.1, 0.15) is 0 Å². The van der Waals surface area contributed by atoms with Crippen molar-refractivity contribution in [2.45, 2.75) is 25.3 Å². The number of nitrogens with one attached hydrogen (secondary N) is 2. The third-order valence-corrected chi connectivity index (χ3v) is 5.62. The zero-order valence-electron chi connectivity index (χ0n) is 11.7. The summed E-state index contributed by atoms with van der Waals surface area (Å²) in [6, 6.07) is 7.50. The Hall–Kier alpha value is -1.37. The molecule has 0 fully saturated rings. The third kappa shape index (κ3) is 3.20. The lowest BCUT2D eigenvalue weighted by Crippen LogP contribution is -2.24. The van der Waals surface area contributed by atoms with Crippen molar-refractivity contribution in [2.24, 2.45) is 0 Å². The van der Waals surface area contributed by atoms with Crippen molar-refractivity contribution in [1.82, 2.24) is 4.72 Å². The molecule has 0 bridgehead atoms. The molecule has 1 aromatic carbocycles. The first-order valence-corrected chi connectivity index (χ1v) is 8.61. The summed E-state index contributed by atoms with van der Waals surface area (Å²) in [5, 5.41) is 4.96. The Morgan fingerprint density at radius 2 is 1.85 bits per heavy atom. The predicted molar refractivity (Wildman–Crippen MR) is 83.8 cm³/mol. The Kier molecular flexibility index (Phi) is 4.47. The van der Waals surface area contributed by atoms with Gasteiger partial charge in [-0.05, 0) is 48.6 Å². The van der Waals surface area contributed by atoms with E-state index in [2.05, 4.69) is 10.0 Å². The number of anilines is 1. The number of aryl methyl sites for hydroxylation is 2. The lowest BCUT2D eigenvalue weighted by atomic mass is 10.1. The summed E-state index contributed by atoms with van der Waals surface area (Å²) in [5.74, 6) is 0. The molecule has 0 aliphatic rings. The monoisotopic (exact) mass is 310 g/mol. The molecule has 0 saturated carbocycles. The number of thiophene rings is 1. The van der Waals surface area contributed by atoms with Crippen LogP contribution in [-0.4, -0.2) is 15.5 Å². The fraction of sp³-hybridized carbons (Fsp3) is 0.286. The predicted octanol–water partition coefficient (Wildman–Crippen LogP) is 2.89. The van der Waals surface area contributed by atoms with Gasteiger partial charge in [0.25, 0.3) is 0 Å². The van der Waals surface area contributed by atoms with Crippen LogP contribution in [0.15, 0.2) is 34.5 Å². The van der Waals surface area contributed by atoms with E-state index < -0.39 is 10.0 Å². The second kappa shape index (κ2) is 5.95. The topological polar surface area (TPSA) is 58.2 Å². The summed E-state index contributed by atoms with van der Waals surface area (Å²) in [7, 11) is -1.68. The first-order valence-electron chi connectivity index (χ1n) is 6.25. The van der Waals surface area contributed by atoms with Crippen LogP contribution < -0.4 is 10.0 Å². The Morgan fingerprint density at radius 3 is 2.35 bits per heavy atom. The normalized spacial score (nSPS) is 11.6. The average Bonchev–Trinajstić information content (AvgIpc) is 2.88. The molecule has 0 aliphatic carbocycles. The van der Waals surface area contributed by atoms with E-state index in [4.69, 9.17) is 0 Å². The van der Waals surface area contributed by atoms with Gasteiger partial charge in [-0.3, -0.25) is 0 Å². The zero-order chi connectivity index (χ0) is 14.8. The summed E-state index contributed by atoms with van der Waals surface area (Å²) < 4.78 is 27.5. The van der Waals surface area contributed by atoms with Crippen LogP contribution in [0, 0.1) is 13.8 Å². The number of hydrogen-bond acceptors (Lipinski definition) is 4. The van der Waals surface area contributed by atoms with Crippen LogP contribution in [0.2, 0.25) is 0 Å². The minimum atomic E-state index is -3.49. The molecule has 2 rings (SSSR count). The lowest BCUT2D eigenvalue weighted by molar-refractivity contribution is 0.580.